The predicted molar refractivity (Wildman–Crippen MR) is 108 cm³/mol. The molecule has 0 amide bonds. The van der Waals surface area contributed by atoms with Gasteiger partial charge in [0.05, 0.1) is 31.9 Å². The summed E-state index contributed by atoms with van der Waals surface area (Å²) < 4.78 is 22.2. The molecule has 0 bridgehead atoms. The highest BCUT2D eigenvalue weighted by atomic mass is 16.3. The summed E-state index contributed by atoms with van der Waals surface area (Å²) >= 11 is 0. The molecule has 0 N–H and O–H groups in total. The number of hydrogen-bond acceptors (Lipinski definition) is 3. The fraction of sp³-hybridized carbons (Fsp3) is 0.348. The Morgan fingerprint density at radius 1 is 0.786 bits per heavy atom. The minimum Gasteiger partial charge on any atom is -0.460 e. The molecule has 0 saturated heterocycles. The Bertz CT molecular complexity index is 914. The number of unbranched alkanes of at least 4 members (excludes halogenated alkanes) is 2. The van der Waals surface area contributed by atoms with E-state index in [9.17, 15) is 0 Å². The Balaban J connectivity index is 2.04. The first-order chi connectivity index (χ1) is 13.8. The number of hydrogen-bond donors (Lipinski definition) is 0. The SMILES string of the molecule is CCCCn1c(-c2ccco2)c(-c2ccco2)[n+](CCCC)c1-c1ccco1. The molecule has 0 fully saturated rings. The van der Waals surface area contributed by atoms with Gasteiger partial charge >= 0.3 is 5.82 Å². The Kier molecular flexibility index (Phi) is 5.51. The average Bonchev–Trinajstić information content (AvgIpc) is 3.50. The lowest BCUT2D eigenvalue weighted by atomic mass is 10.2. The van der Waals surface area contributed by atoms with Gasteiger partial charge in [0, 0.05) is 0 Å². The highest BCUT2D eigenvalue weighted by molar-refractivity contribution is 5.73. The molecule has 0 aromatic carbocycles. The normalized spacial score (nSPS) is 11.4. The molecule has 0 saturated carbocycles. The maximum absolute atomic E-state index is 5.86. The topological polar surface area (TPSA) is 48.2 Å². The van der Waals surface area contributed by atoms with Crippen molar-refractivity contribution in [3.05, 3.63) is 55.2 Å². The number of rotatable bonds is 9. The van der Waals surface area contributed by atoms with Crippen LogP contribution in [-0.4, -0.2) is 4.57 Å². The Morgan fingerprint density at radius 3 is 1.96 bits per heavy atom. The zero-order chi connectivity index (χ0) is 19.3. The summed E-state index contributed by atoms with van der Waals surface area (Å²) in [6.45, 7) is 6.19. The highest BCUT2D eigenvalue weighted by Crippen LogP contribution is 2.36. The molecule has 146 valence electrons. The summed E-state index contributed by atoms with van der Waals surface area (Å²) in [7, 11) is 0. The van der Waals surface area contributed by atoms with E-state index in [1.807, 2.05) is 36.4 Å². The van der Waals surface area contributed by atoms with Crippen LogP contribution < -0.4 is 4.57 Å². The first-order valence-corrected chi connectivity index (χ1v) is 10.1. The Morgan fingerprint density at radius 2 is 1.39 bits per heavy atom. The van der Waals surface area contributed by atoms with Crippen molar-refractivity contribution in [3.63, 3.8) is 0 Å². The third-order valence-electron chi connectivity index (χ3n) is 5.00. The van der Waals surface area contributed by atoms with Gasteiger partial charge in [-0.3, -0.25) is 0 Å². The summed E-state index contributed by atoms with van der Waals surface area (Å²) in [5.74, 6) is 3.60. The quantitative estimate of drug-likeness (QED) is 0.327. The summed E-state index contributed by atoms with van der Waals surface area (Å²) in [5, 5.41) is 0. The maximum Gasteiger partial charge on any atom is 0.326 e. The van der Waals surface area contributed by atoms with Crippen LogP contribution in [-0.2, 0) is 13.1 Å². The minimum absolute atomic E-state index is 0.838. The van der Waals surface area contributed by atoms with Crippen molar-refractivity contribution in [2.45, 2.75) is 52.6 Å². The van der Waals surface area contributed by atoms with Gasteiger partial charge in [0.15, 0.2) is 11.5 Å². The molecule has 4 aromatic heterocycles. The van der Waals surface area contributed by atoms with Gasteiger partial charge in [0.1, 0.15) is 0 Å². The molecule has 0 aliphatic rings. The summed E-state index contributed by atoms with van der Waals surface area (Å²) in [6.07, 6.45) is 9.54. The summed E-state index contributed by atoms with van der Waals surface area (Å²) in [4.78, 5) is 0. The zero-order valence-corrected chi connectivity index (χ0v) is 16.6. The van der Waals surface area contributed by atoms with Crippen LogP contribution in [0.5, 0.6) is 0 Å². The average molecular weight is 379 g/mol. The van der Waals surface area contributed by atoms with Gasteiger partial charge in [-0.1, -0.05) is 26.7 Å². The van der Waals surface area contributed by atoms with Gasteiger partial charge < -0.3 is 13.3 Å². The van der Waals surface area contributed by atoms with Crippen LogP contribution in [0, 0.1) is 0 Å². The smallest absolute Gasteiger partial charge is 0.326 e. The van der Waals surface area contributed by atoms with E-state index in [0.717, 1.165) is 73.3 Å². The van der Waals surface area contributed by atoms with Crippen molar-refractivity contribution in [1.82, 2.24) is 4.57 Å². The lowest BCUT2D eigenvalue weighted by Crippen LogP contribution is -2.37. The molecule has 0 radical (unpaired) electrons. The van der Waals surface area contributed by atoms with Crippen LogP contribution in [0.1, 0.15) is 39.5 Å². The van der Waals surface area contributed by atoms with Crippen LogP contribution in [0.2, 0.25) is 0 Å². The molecule has 4 heterocycles. The number of nitrogens with zero attached hydrogens (tertiary/aromatic N) is 2. The number of aromatic nitrogens is 2. The van der Waals surface area contributed by atoms with E-state index in [-0.39, 0.29) is 0 Å². The second-order valence-corrected chi connectivity index (χ2v) is 6.96. The van der Waals surface area contributed by atoms with Gasteiger partial charge in [-0.2, -0.15) is 0 Å². The van der Waals surface area contributed by atoms with Gasteiger partial charge in [-0.15, -0.1) is 0 Å². The molecule has 4 rings (SSSR count). The highest BCUT2D eigenvalue weighted by Gasteiger charge is 2.36. The van der Waals surface area contributed by atoms with Crippen LogP contribution in [0.25, 0.3) is 34.5 Å². The van der Waals surface area contributed by atoms with E-state index in [1.165, 1.54) is 0 Å². The number of imidazole rings is 1. The van der Waals surface area contributed by atoms with Crippen LogP contribution in [0.4, 0.5) is 0 Å². The third kappa shape index (κ3) is 3.33. The molecule has 0 unspecified atom stereocenters. The third-order valence-corrected chi connectivity index (χ3v) is 5.00. The zero-order valence-electron chi connectivity index (χ0n) is 16.6. The van der Waals surface area contributed by atoms with Crippen LogP contribution >= 0.6 is 0 Å². The summed E-state index contributed by atoms with van der Waals surface area (Å²) in [5.41, 5.74) is 2.08. The second-order valence-electron chi connectivity index (χ2n) is 6.96. The molecule has 0 spiro atoms. The first kappa shape index (κ1) is 18.4. The molecule has 0 aliphatic heterocycles. The van der Waals surface area contributed by atoms with Crippen molar-refractivity contribution >= 4 is 0 Å². The molecule has 0 aliphatic carbocycles. The van der Waals surface area contributed by atoms with Crippen LogP contribution in [0.15, 0.2) is 68.4 Å². The molecular weight excluding hydrogens is 352 g/mol. The molecule has 28 heavy (non-hydrogen) atoms. The standard InChI is InChI=1S/C23H27N2O3/c1-3-5-13-24-21(18-10-7-15-26-18)22(19-11-8-16-27-19)25(14-6-4-2)23(24)20-12-9-17-28-20/h7-12,15-17H,3-6,13-14H2,1-2H3/q+1. The Labute approximate surface area is 165 Å². The maximum atomic E-state index is 5.86. The van der Waals surface area contributed by atoms with Crippen molar-refractivity contribution < 1.29 is 17.8 Å². The van der Waals surface area contributed by atoms with E-state index in [2.05, 4.69) is 23.0 Å². The molecule has 5 nitrogen and oxygen atoms in total. The lowest BCUT2D eigenvalue weighted by Gasteiger charge is -2.04. The van der Waals surface area contributed by atoms with Gasteiger partial charge in [-0.25, -0.2) is 9.13 Å². The van der Waals surface area contributed by atoms with E-state index in [1.54, 1.807) is 18.8 Å². The van der Waals surface area contributed by atoms with E-state index >= 15 is 0 Å². The van der Waals surface area contributed by atoms with Gasteiger partial charge in [0.2, 0.25) is 17.1 Å². The number of furan rings is 3. The fourth-order valence-corrected chi connectivity index (χ4v) is 3.68. The van der Waals surface area contributed by atoms with Crippen molar-refractivity contribution in [3.8, 4) is 34.5 Å². The van der Waals surface area contributed by atoms with E-state index < -0.39 is 0 Å². The van der Waals surface area contributed by atoms with Crippen molar-refractivity contribution in [1.29, 1.82) is 0 Å². The molecule has 5 heteroatoms. The predicted octanol–water partition coefficient (Wildman–Crippen LogP) is 6.16. The second kappa shape index (κ2) is 8.38. The minimum atomic E-state index is 0.838. The largest absolute Gasteiger partial charge is 0.460 e. The summed E-state index contributed by atoms with van der Waals surface area (Å²) in [6, 6.07) is 11.9. The van der Waals surface area contributed by atoms with Crippen LogP contribution in [0.3, 0.4) is 0 Å². The van der Waals surface area contributed by atoms with Crippen molar-refractivity contribution in [2.75, 3.05) is 0 Å². The van der Waals surface area contributed by atoms with Gasteiger partial charge in [-0.05, 0) is 49.2 Å². The van der Waals surface area contributed by atoms with E-state index in [4.69, 9.17) is 13.3 Å². The monoisotopic (exact) mass is 379 g/mol. The molecular formula is C23H27N2O3+. The first-order valence-electron chi connectivity index (χ1n) is 10.1. The molecule has 0 atom stereocenters. The lowest BCUT2D eigenvalue weighted by molar-refractivity contribution is -0.676. The molecule has 4 aromatic rings. The fourth-order valence-electron chi connectivity index (χ4n) is 3.68. The Hall–Kier alpha value is -2.95. The van der Waals surface area contributed by atoms with Crippen molar-refractivity contribution in [2.24, 2.45) is 0 Å². The van der Waals surface area contributed by atoms with E-state index in [0.29, 0.717) is 0 Å². The van der Waals surface area contributed by atoms with Gasteiger partial charge in [0.25, 0.3) is 0 Å².